The van der Waals surface area contributed by atoms with E-state index < -0.39 is 12.6 Å². The molecular formula is C10H12O5. The summed E-state index contributed by atoms with van der Waals surface area (Å²) >= 11 is 0. The van der Waals surface area contributed by atoms with Crippen LogP contribution in [0.4, 0.5) is 0 Å². The van der Waals surface area contributed by atoms with Gasteiger partial charge >= 0.3 is 5.97 Å². The number of hydrogen-bond acceptors (Lipinski definition) is 4. The second-order valence-corrected chi connectivity index (χ2v) is 2.70. The van der Waals surface area contributed by atoms with Crippen molar-refractivity contribution in [2.24, 2.45) is 0 Å². The normalized spacial score (nSPS) is 9.67. The molecule has 0 fully saturated rings. The first-order valence-electron chi connectivity index (χ1n) is 4.41. The molecule has 2 N–H and O–H groups in total. The lowest BCUT2D eigenvalue weighted by molar-refractivity contribution is -0.139. The van der Waals surface area contributed by atoms with Crippen molar-refractivity contribution in [3.63, 3.8) is 0 Å². The second kappa shape index (κ2) is 5.87. The summed E-state index contributed by atoms with van der Waals surface area (Å²) in [6, 6.07) is 6.70. The largest absolute Gasteiger partial charge is 0.487 e. The Morgan fingerprint density at radius 1 is 1.20 bits per heavy atom. The molecule has 0 atom stereocenters. The summed E-state index contributed by atoms with van der Waals surface area (Å²) < 4.78 is 10.1. The number of aliphatic hydroxyl groups excluding tert-OH is 1. The van der Waals surface area contributed by atoms with Gasteiger partial charge in [0.05, 0.1) is 6.61 Å². The molecule has 0 aliphatic heterocycles. The van der Waals surface area contributed by atoms with Crippen molar-refractivity contribution in [1.82, 2.24) is 0 Å². The van der Waals surface area contributed by atoms with Gasteiger partial charge in [-0.15, -0.1) is 0 Å². The van der Waals surface area contributed by atoms with Crippen molar-refractivity contribution in [1.29, 1.82) is 0 Å². The molecule has 0 saturated heterocycles. The van der Waals surface area contributed by atoms with Gasteiger partial charge in [0.1, 0.15) is 6.61 Å². The fraction of sp³-hybridized carbons (Fsp3) is 0.300. The number of benzene rings is 1. The zero-order valence-corrected chi connectivity index (χ0v) is 8.05. The zero-order valence-electron chi connectivity index (χ0n) is 8.05. The predicted octanol–water partition coefficient (Wildman–Crippen LogP) is 0.521. The van der Waals surface area contributed by atoms with Crippen molar-refractivity contribution < 1.29 is 24.5 Å². The van der Waals surface area contributed by atoms with Crippen LogP contribution in [-0.2, 0) is 4.79 Å². The molecule has 1 rings (SSSR count). The summed E-state index contributed by atoms with van der Waals surface area (Å²) in [5.74, 6) is -0.270. The minimum Gasteiger partial charge on any atom is -0.487 e. The molecule has 0 radical (unpaired) electrons. The summed E-state index contributed by atoms with van der Waals surface area (Å²) in [7, 11) is 0. The van der Waals surface area contributed by atoms with E-state index in [1.807, 2.05) is 0 Å². The molecule has 0 aliphatic carbocycles. The molecule has 0 bridgehead atoms. The Balaban J connectivity index is 2.63. The highest BCUT2D eigenvalue weighted by molar-refractivity contribution is 5.68. The summed E-state index contributed by atoms with van der Waals surface area (Å²) in [6.45, 7) is -0.375. The smallest absolute Gasteiger partial charge is 0.341 e. The lowest BCUT2D eigenvalue weighted by Crippen LogP contribution is -2.10. The number of para-hydroxylation sites is 2. The molecule has 0 spiro atoms. The molecule has 5 heteroatoms. The SMILES string of the molecule is O=C(O)COc1ccccc1OCCO. The van der Waals surface area contributed by atoms with Crippen LogP contribution in [0, 0.1) is 0 Å². The van der Waals surface area contributed by atoms with Crippen molar-refractivity contribution >= 4 is 5.97 Å². The maximum Gasteiger partial charge on any atom is 0.341 e. The number of ether oxygens (including phenoxy) is 2. The van der Waals surface area contributed by atoms with Gasteiger partial charge in [0.15, 0.2) is 18.1 Å². The highest BCUT2D eigenvalue weighted by atomic mass is 16.5. The molecule has 0 heterocycles. The molecule has 0 aromatic heterocycles. The van der Waals surface area contributed by atoms with Gasteiger partial charge in [-0.2, -0.15) is 0 Å². The standard InChI is InChI=1S/C10H12O5/c11-5-6-14-8-3-1-2-4-9(8)15-7-10(12)13/h1-4,11H,5-7H2,(H,12,13). The maximum atomic E-state index is 10.3. The molecule has 0 aliphatic rings. The number of carboxylic acids is 1. The van der Waals surface area contributed by atoms with Crippen molar-refractivity contribution in [3.05, 3.63) is 24.3 Å². The van der Waals surface area contributed by atoms with Gasteiger partial charge < -0.3 is 19.7 Å². The van der Waals surface area contributed by atoms with Crippen LogP contribution in [0.5, 0.6) is 11.5 Å². The number of hydrogen-bond donors (Lipinski definition) is 2. The van der Waals surface area contributed by atoms with Gasteiger partial charge in [0.25, 0.3) is 0 Å². The van der Waals surface area contributed by atoms with Crippen LogP contribution in [-0.4, -0.2) is 36.0 Å². The Kier molecular flexibility index (Phi) is 4.43. The summed E-state index contributed by atoms with van der Waals surface area (Å²) in [5, 5.41) is 17.0. The van der Waals surface area contributed by atoms with Crippen molar-refractivity contribution in [2.45, 2.75) is 0 Å². The summed E-state index contributed by atoms with van der Waals surface area (Å²) in [6.07, 6.45) is 0. The van der Waals surface area contributed by atoms with Gasteiger partial charge in [-0.25, -0.2) is 4.79 Å². The third-order valence-corrected chi connectivity index (χ3v) is 1.55. The average Bonchev–Trinajstić information content (AvgIpc) is 2.24. The van der Waals surface area contributed by atoms with E-state index in [2.05, 4.69) is 0 Å². The first kappa shape index (κ1) is 11.3. The minimum atomic E-state index is -1.05. The Bertz CT molecular complexity index is 323. The van der Waals surface area contributed by atoms with Crippen molar-refractivity contribution in [3.8, 4) is 11.5 Å². The average molecular weight is 212 g/mol. The monoisotopic (exact) mass is 212 g/mol. The maximum absolute atomic E-state index is 10.3. The molecular weight excluding hydrogens is 200 g/mol. The van der Waals surface area contributed by atoms with Crippen LogP contribution in [0.15, 0.2) is 24.3 Å². The highest BCUT2D eigenvalue weighted by Gasteiger charge is 2.05. The number of carbonyl (C=O) groups is 1. The Morgan fingerprint density at radius 2 is 1.80 bits per heavy atom. The molecule has 1 aromatic carbocycles. The van der Waals surface area contributed by atoms with E-state index >= 15 is 0 Å². The Labute approximate surface area is 86.9 Å². The predicted molar refractivity (Wildman–Crippen MR) is 52.2 cm³/mol. The molecule has 82 valence electrons. The van der Waals surface area contributed by atoms with Crippen LogP contribution in [0.25, 0.3) is 0 Å². The Morgan fingerprint density at radius 3 is 2.33 bits per heavy atom. The molecule has 15 heavy (non-hydrogen) atoms. The van der Waals surface area contributed by atoms with Crippen LogP contribution < -0.4 is 9.47 Å². The van der Waals surface area contributed by atoms with E-state index in [1.54, 1.807) is 24.3 Å². The fourth-order valence-electron chi connectivity index (χ4n) is 0.984. The second-order valence-electron chi connectivity index (χ2n) is 2.70. The number of carboxylic acid groups (broad SMARTS) is 1. The van der Waals surface area contributed by atoms with E-state index in [0.717, 1.165) is 0 Å². The van der Waals surface area contributed by atoms with E-state index in [-0.39, 0.29) is 13.2 Å². The third-order valence-electron chi connectivity index (χ3n) is 1.55. The van der Waals surface area contributed by atoms with Crippen molar-refractivity contribution in [2.75, 3.05) is 19.8 Å². The van der Waals surface area contributed by atoms with Gasteiger partial charge in [0, 0.05) is 0 Å². The number of aliphatic carboxylic acids is 1. The summed E-state index contributed by atoms with van der Waals surface area (Å²) in [5.41, 5.74) is 0. The molecule has 0 unspecified atom stereocenters. The van der Waals surface area contributed by atoms with Crippen LogP contribution >= 0.6 is 0 Å². The lowest BCUT2D eigenvalue weighted by atomic mass is 10.3. The zero-order chi connectivity index (χ0) is 11.1. The lowest BCUT2D eigenvalue weighted by Gasteiger charge is -2.10. The summed E-state index contributed by atoms with van der Waals surface area (Å²) in [4.78, 5) is 10.3. The highest BCUT2D eigenvalue weighted by Crippen LogP contribution is 2.26. The first-order valence-corrected chi connectivity index (χ1v) is 4.41. The van der Waals surface area contributed by atoms with E-state index in [0.29, 0.717) is 11.5 Å². The van der Waals surface area contributed by atoms with Gasteiger partial charge in [-0.05, 0) is 12.1 Å². The van der Waals surface area contributed by atoms with Gasteiger partial charge in [0.2, 0.25) is 0 Å². The minimum absolute atomic E-state index is 0.104. The first-order chi connectivity index (χ1) is 7.24. The Hall–Kier alpha value is -1.75. The molecule has 1 aromatic rings. The molecule has 0 saturated carbocycles. The molecule has 5 nitrogen and oxygen atoms in total. The van der Waals surface area contributed by atoms with E-state index in [1.165, 1.54) is 0 Å². The van der Waals surface area contributed by atoms with E-state index in [4.69, 9.17) is 19.7 Å². The third kappa shape index (κ3) is 3.86. The quantitative estimate of drug-likeness (QED) is 0.719. The molecule has 0 amide bonds. The number of aliphatic hydroxyl groups is 1. The van der Waals surface area contributed by atoms with Gasteiger partial charge in [-0.1, -0.05) is 12.1 Å². The fourth-order valence-corrected chi connectivity index (χ4v) is 0.984. The van der Waals surface area contributed by atoms with Crippen LogP contribution in [0.2, 0.25) is 0 Å². The topological polar surface area (TPSA) is 76.0 Å². The van der Waals surface area contributed by atoms with Gasteiger partial charge in [-0.3, -0.25) is 0 Å². The van der Waals surface area contributed by atoms with E-state index in [9.17, 15) is 4.79 Å². The van der Waals surface area contributed by atoms with Crippen LogP contribution in [0.3, 0.4) is 0 Å². The van der Waals surface area contributed by atoms with Crippen LogP contribution in [0.1, 0.15) is 0 Å². The number of rotatable bonds is 6.